The fourth-order valence-corrected chi connectivity index (χ4v) is 4.93. The van der Waals surface area contributed by atoms with Gasteiger partial charge in [-0.05, 0) is 78.8 Å². The number of unbranched alkanes of at least 4 members (excludes halogenated alkanes) is 2. The van der Waals surface area contributed by atoms with Crippen LogP contribution in [0.1, 0.15) is 54.6 Å². The summed E-state index contributed by atoms with van der Waals surface area (Å²) >= 11 is 0. The van der Waals surface area contributed by atoms with Crippen molar-refractivity contribution in [2.45, 2.75) is 58.8 Å². The standard InChI is InChI=1S/C31H42N6O4/c1-20-30-28(22(16-34-30)12-14-36(3)4)24(18-32-20)40-26(38)10-8-7-9-11-27(39)41-25-19-33-21(2)31-29(25)23(17-35-31)13-15-37(5)6/h16-19,34-35H,7-15H2,1-6H3. The number of hydrogen-bond donors (Lipinski definition) is 2. The number of ether oxygens (including phenoxy) is 2. The van der Waals surface area contributed by atoms with Gasteiger partial charge in [0.15, 0.2) is 11.5 Å². The van der Waals surface area contributed by atoms with E-state index < -0.39 is 0 Å². The predicted molar refractivity (Wildman–Crippen MR) is 161 cm³/mol. The van der Waals surface area contributed by atoms with Gasteiger partial charge in [-0.1, -0.05) is 6.42 Å². The topological polar surface area (TPSA) is 116 Å². The van der Waals surface area contributed by atoms with Crippen LogP contribution in [0.2, 0.25) is 0 Å². The summed E-state index contributed by atoms with van der Waals surface area (Å²) in [5, 5.41) is 1.84. The molecule has 4 rings (SSSR count). The molecule has 4 aromatic rings. The number of nitrogens with zero attached hydrogens (tertiary/aromatic N) is 4. The molecule has 0 saturated carbocycles. The van der Waals surface area contributed by atoms with Crippen molar-refractivity contribution >= 4 is 33.7 Å². The lowest BCUT2D eigenvalue weighted by molar-refractivity contribution is -0.134. The van der Waals surface area contributed by atoms with Crippen molar-refractivity contribution in [1.29, 1.82) is 0 Å². The lowest BCUT2D eigenvalue weighted by Gasteiger charge is -2.11. The van der Waals surface area contributed by atoms with Crippen LogP contribution in [0.4, 0.5) is 0 Å². The van der Waals surface area contributed by atoms with E-state index in [4.69, 9.17) is 9.47 Å². The number of aryl methyl sites for hydroxylation is 2. The Labute approximate surface area is 241 Å². The van der Waals surface area contributed by atoms with Gasteiger partial charge in [-0.15, -0.1) is 0 Å². The molecule has 10 heteroatoms. The summed E-state index contributed by atoms with van der Waals surface area (Å²) in [6, 6.07) is 0. The number of carbonyl (C=O) groups is 2. The molecular weight excluding hydrogens is 520 g/mol. The maximum atomic E-state index is 12.7. The first-order valence-electron chi connectivity index (χ1n) is 14.3. The Bertz CT molecular complexity index is 1390. The van der Waals surface area contributed by atoms with Crippen LogP contribution in [0, 0.1) is 13.8 Å². The van der Waals surface area contributed by atoms with Crippen LogP contribution in [-0.2, 0) is 22.4 Å². The van der Waals surface area contributed by atoms with Crippen LogP contribution in [0.25, 0.3) is 21.8 Å². The molecule has 0 unspecified atom stereocenters. The molecule has 0 amide bonds. The van der Waals surface area contributed by atoms with Crippen LogP contribution >= 0.6 is 0 Å². The molecule has 0 aromatic carbocycles. The molecule has 0 saturated heterocycles. The quantitative estimate of drug-likeness (QED) is 0.167. The number of H-pyrrole nitrogens is 2. The molecule has 41 heavy (non-hydrogen) atoms. The van der Waals surface area contributed by atoms with E-state index in [1.54, 1.807) is 12.4 Å². The van der Waals surface area contributed by atoms with E-state index in [-0.39, 0.29) is 24.8 Å². The molecule has 0 aliphatic heterocycles. The summed E-state index contributed by atoms with van der Waals surface area (Å²) in [6.07, 6.45) is 11.4. The van der Waals surface area contributed by atoms with Crippen molar-refractivity contribution in [2.24, 2.45) is 0 Å². The highest BCUT2D eigenvalue weighted by Crippen LogP contribution is 2.32. The van der Waals surface area contributed by atoms with Gasteiger partial charge in [-0.2, -0.15) is 0 Å². The molecule has 10 nitrogen and oxygen atoms in total. The van der Waals surface area contributed by atoms with Gasteiger partial charge in [0.25, 0.3) is 0 Å². The second-order valence-electron chi connectivity index (χ2n) is 11.2. The van der Waals surface area contributed by atoms with Crippen molar-refractivity contribution in [3.63, 3.8) is 0 Å². The Morgan fingerprint density at radius 2 is 1.12 bits per heavy atom. The Kier molecular flexibility index (Phi) is 10.1. The summed E-state index contributed by atoms with van der Waals surface area (Å²) in [5.41, 5.74) is 5.73. The van der Waals surface area contributed by atoms with Gasteiger partial charge in [0, 0.05) is 49.1 Å². The predicted octanol–water partition coefficient (Wildman–Crippen LogP) is 4.73. The van der Waals surface area contributed by atoms with E-state index >= 15 is 0 Å². The third kappa shape index (κ3) is 7.71. The summed E-state index contributed by atoms with van der Waals surface area (Å²) in [7, 11) is 8.14. The van der Waals surface area contributed by atoms with Crippen molar-refractivity contribution in [1.82, 2.24) is 29.7 Å². The molecule has 220 valence electrons. The average molecular weight is 563 g/mol. The summed E-state index contributed by atoms with van der Waals surface area (Å²) in [4.78, 5) is 44.9. The zero-order valence-corrected chi connectivity index (χ0v) is 25.1. The number of hydrogen-bond acceptors (Lipinski definition) is 8. The Morgan fingerprint density at radius 3 is 1.51 bits per heavy atom. The Morgan fingerprint density at radius 1 is 0.707 bits per heavy atom. The molecule has 0 aliphatic carbocycles. The molecule has 0 bridgehead atoms. The number of likely N-dealkylation sites (N-methyl/N-ethyl adjacent to an activating group) is 2. The maximum Gasteiger partial charge on any atom is 0.311 e. The first-order valence-corrected chi connectivity index (χ1v) is 14.3. The largest absolute Gasteiger partial charge is 0.424 e. The second kappa shape index (κ2) is 13.7. The van der Waals surface area contributed by atoms with Gasteiger partial charge in [-0.25, -0.2) is 0 Å². The normalized spacial score (nSPS) is 11.7. The average Bonchev–Trinajstić information content (AvgIpc) is 3.55. The number of rotatable bonds is 14. The van der Waals surface area contributed by atoms with Crippen LogP contribution in [0.5, 0.6) is 11.5 Å². The van der Waals surface area contributed by atoms with Crippen LogP contribution in [0.3, 0.4) is 0 Å². The molecular formula is C31H42N6O4. The van der Waals surface area contributed by atoms with Crippen molar-refractivity contribution in [2.75, 3.05) is 41.3 Å². The lowest BCUT2D eigenvalue weighted by atomic mass is 10.1. The minimum Gasteiger partial charge on any atom is -0.424 e. The third-order valence-corrected chi connectivity index (χ3v) is 7.26. The Hall–Kier alpha value is -3.76. The fraction of sp³-hybridized carbons (Fsp3) is 0.484. The smallest absolute Gasteiger partial charge is 0.311 e. The number of nitrogens with one attached hydrogen (secondary N) is 2. The van der Waals surface area contributed by atoms with E-state index in [1.807, 2.05) is 54.4 Å². The van der Waals surface area contributed by atoms with Gasteiger partial charge in [0.2, 0.25) is 0 Å². The fourth-order valence-electron chi connectivity index (χ4n) is 4.93. The number of esters is 2. The monoisotopic (exact) mass is 562 g/mol. The molecule has 0 spiro atoms. The van der Waals surface area contributed by atoms with Crippen LogP contribution < -0.4 is 9.47 Å². The van der Waals surface area contributed by atoms with Crippen molar-refractivity contribution in [3.05, 3.63) is 47.3 Å². The van der Waals surface area contributed by atoms with E-state index in [2.05, 4.69) is 29.7 Å². The third-order valence-electron chi connectivity index (χ3n) is 7.26. The van der Waals surface area contributed by atoms with Gasteiger partial charge in [-0.3, -0.25) is 19.6 Å². The molecule has 0 atom stereocenters. The zero-order chi connectivity index (χ0) is 29.5. The van der Waals surface area contributed by atoms with E-state index in [9.17, 15) is 9.59 Å². The minimum atomic E-state index is -0.301. The highest BCUT2D eigenvalue weighted by atomic mass is 16.5. The molecule has 4 heterocycles. The molecule has 4 aromatic heterocycles. The van der Waals surface area contributed by atoms with E-state index in [0.717, 1.165) is 70.3 Å². The second-order valence-corrected chi connectivity index (χ2v) is 11.2. The summed E-state index contributed by atoms with van der Waals surface area (Å²) in [5.74, 6) is 0.374. The van der Waals surface area contributed by atoms with Gasteiger partial charge >= 0.3 is 11.9 Å². The zero-order valence-electron chi connectivity index (χ0n) is 25.1. The highest BCUT2D eigenvalue weighted by molar-refractivity contribution is 5.93. The highest BCUT2D eigenvalue weighted by Gasteiger charge is 2.17. The lowest BCUT2D eigenvalue weighted by Crippen LogP contribution is -2.15. The molecule has 0 fully saturated rings. The maximum absolute atomic E-state index is 12.7. The minimum absolute atomic E-state index is 0.267. The number of aromatic nitrogens is 4. The first-order chi connectivity index (χ1) is 19.6. The van der Waals surface area contributed by atoms with E-state index in [1.165, 1.54) is 0 Å². The van der Waals surface area contributed by atoms with Crippen molar-refractivity contribution < 1.29 is 19.1 Å². The Balaban J connectivity index is 1.27. The number of pyridine rings is 2. The number of aromatic amines is 2. The summed E-state index contributed by atoms with van der Waals surface area (Å²) < 4.78 is 11.5. The molecule has 2 N–H and O–H groups in total. The van der Waals surface area contributed by atoms with Gasteiger partial charge < -0.3 is 29.2 Å². The molecule has 0 radical (unpaired) electrons. The van der Waals surface area contributed by atoms with Gasteiger partial charge in [0.05, 0.1) is 34.8 Å². The van der Waals surface area contributed by atoms with Gasteiger partial charge in [0.1, 0.15) is 0 Å². The van der Waals surface area contributed by atoms with Crippen LogP contribution in [-0.4, -0.2) is 83.0 Å². The number of carbonyl (C=O) groups excluding carboxylic acids is 2. The van der Waals surface area contributed by atoms with Crippen molar-refractivity contribution in [3.8, 4) is 11.5 Å². The van der Waals surface area contributed by atoms with E-state index in [0.29, 0.717) is 30.8 Å². The molecule has 0 aliphatic rings. The SMILES string of the molecule is Cc1ncc(OC(=O)CCCCCC(=O)Oc2cnc(C)c3[nH]cc(CCN(C)C)c23)c2c(CCN(C)C)c[nH]c12. The van der Waals surface area contributed by atoms with Crippen LogP contribution in [0.15, 0.2) is 24.8 Å². The summed E-state index contributed by atoms with van der Waals surface area (Å²) in [6.45, 7) is 5.65. The number of fused-ring (bicyclic) bond motifs is 2. The first kappa shape index (κ1) is 30.2.